The van der Waals surface area contributed by atoms with E-state index >= 15 is 0 Å². The molecule has 0 heterocycles. The molecule has 1 aromatic carbocycles. The van der Waals surface area contributed by atoms with Crippen LogP contribution in [0.4, 0.5) is 5.69 Å². The summed E-state index contributed by atoms with van der Waals surface area (Å²) in [7, 11) is -3.47. The smallest absolute Gasteiger partial charge is 0.245 e. The van der Waals surface area contributed by atoms with Crippen molar-refractivity contribution < 1.29 is 8.42 Å². The summed E-state index contributed by atoms with van der Waals surface area (Å²) in [5, 5.41) is 0. The third kappa shape index (κ3) is 2.99. The van der Waals surface area contributed by atoms with Gasteiger partial charge in [0.1, 0.15) is 4.90 Å². The van der Waals surface area contributed by atoms with E-state index in [1.807, 2.05) is 13.8 Å². The van der Waals surface area contributed by atoms with Crippen LogP contribution in [0.3, 0.4) is 0 Å². The number of nitrogens with zero attached hydrogens (tertiary/aromatic N) is 1. The van der Waals surface area contributed by atoms with Crippen LogP contribution < -0.4 is 5.73 Å². The van der Waals surface area contributed by atoms with E-state index in [0.717, 1.165) is 36.8 Å². The van der Waals surface area contributed by atoms with Crippen molar-refractivity contribution in [3.63, 3.8) is 0 Å². The molecule has 0 saturated heterocycles. The summed E-state index contributed by atoms with van der Waals surface area (Å²) < 4.78 is 27.3. The predicted molar refractivity (Wildman–Crippen MR) is 82.2 cm³/mol. The van der Waals surface area contributed by atoms with Crippen molar-refractivity contribution in [2.75, 3.05) is 12.3 Å². The van der Waals surface area contributed by atoms with E-state index < -0.39 is 10.0 Å². The van der Waals surface area contributed by atoms with E-state index in [0.29, 0.717) is 12.2 Å². The number of rotatable bonds is 6. The van der Waals surface area contributed by atoms with Gasteiger partial charge in [0.25, 0.3) is 0 Å². The van der Waals surface area contributed by atoms with Crippen LogP contribution in [-0.2, 0) is 10.0 Å². The Morgan fingerprint density at radius 2 is 1.85 bits per heavy atom. The highest BCUT2D eigenvalue weighted by Crippen LogP contribution is 2.34. The molecule has 0 amide bonds. The number of nitrogen functional groups attached to an aromatic ring is 1. The van der Waals surface area contributed by atoms with E-state index in [9.17, 15) is 8.42 Å². The van der Waals surface area contributed by atoms with Gasteiger partial charge in [0.2, 0.25) is 10.0 Å². The van der Waals surface area contributed by atoms with Crippen molar-refractivity contribution in [1.82, 2.24) is 4.31 Å². The van der Waals surface area contributed by atoms with Gasteiger partial charge in [0.15, 0.2) is 0 Å². The summed E-state index contributed by atoms with van der Waals surface area (Å²) in [6.45, 7) is 6.52. The highest BCUT2D eigenvalue weighted by molar-refractivity contribution is 7.89. The minimum Gasteiger partial charge on any atom is -0.398 e. The minimum absolute atomic E-state index is 0.174. The number of anilines is 1. The minimum atomic E-state index is -3.47. The lowest BCUT2D eigenvalue weighted by molar-refractivity contribution is 0.396. The van der Waals surface area contributed by atoms with Crippen LogP contribution in [0.2, 0.25) is 0 Å². The summed E-state index contributed by atoms with van der Waals surface area (Å²) in [6.07, 6.45) is 3.81. The molecule has 0 radical (unpaired) electrons. The largest absolute Gasteiger partial charge is 0.398 e. The normalized spacial score (nSPS) is 15.8. The van der Waals surface area contributed by atoms with E-state index in [1.54, 1.807) is 16.4 Å². The summed E-state index contributed by atoms with van der Waals surface area (Å²) in [4.78, 5) is 0.267. The Hall–Kier alpha value is -1.07. The monoisotopic (exact) mass is 296 g/mol. The lowest BCUT2D eigenvalue weighted by Gasteiger charge is -2.23. The molecule has 0 spiro atoms. The second kappa shape index (κ2) is 5.74. The van der Waals surface area contributed by atoms with Crippen LogP contribution in [0.5, 0.6) is 0 Å². The molecule has 0 bridgehead atoms. The van der Waals surface area contributed by atoms with Crippen LogP contribution in [0, 0.1) is 13.8 Å². The van der Waals surface area contributed by atoms with E-state index in [2.05, 4.69) is 6.92 Å². The van der Waals surface area contributed by atoms with E-state index in [4.69, 9.17) is 5.73 Å². The standard InChI is InChI=1S/C15H24N2O2S/c1-4-5-8-17(13-6-7-13)20(18,19)15-10-12(3)11(2)9-14(15)16/h9-10,13H,4-8,16H2,1-3H3. The summed E-state index contributed by atoms with van der Waals surface area (Å²) >= 11 is 0. The molecule has 20 heavy (non-hydrogen) atoms. The van der Waals surface area contributed by atoms with Gasteiger partial charge < -0.3 is 5.73 Å². The van der Waals surface area contributed by atoms with Crippen LogP contribution >= 0.6 is 0 Å². The van der Waals surface area contributed by atoms with Gasteiger partial charge in [-0.05, 0) is 56.4 Å². The van der Waals surface area contributed by atoms with E-state index in [1.165, 1.54) is 0 Å². The maximum absolute atomic E-state index is 12.8. The highest BCUT2D eigenvalue weighted by atomic mass is 32.2. The van der Waals surface area contributed by atoms with Crippen molar-refractivity contribution in [1.29, 1.82) is 0 Å². The highest BCUT2D eigenvalue weighted by Gasteiger charge is 2.38. The fourth-order valence-corrected chi connectivity index (χ4v) is 4.25. The molecule has 0 unspecified atom stereocenters. The molecule has 0 aromatic heterocycles. The zero-order valence-electron chi connectivity index (χ0n) is 12.5. The Morgan fingerprint density at radius 3 is 2.40 bits per heavy atom. The number of aryl methyl sites for hydroxylation is 2. The third-order valence-corrected chi connectivity index (χ3v) is 5.91. The lowest BCUT2D eigenvalue weighted by Crippen LogP contribution is -2.34. The average molecular weight is 296 g/mol. The third-order valence-electron chi connectivity index (χ3n) is 3.90. The number of sulfonamides is 1. The molecule has 0 aliphatic heterocycles. The fraction of sp³-hybridized carbons (Fsp3) is 0.600. The number of hydrogen-bond acceptors (Lipinski definition) is 3. The first-order valence-corrected chi connectivity index (χ1v) is 8.70. The molecule has 1 fully saturated rings. The zero-order valence-corrected chi connectivity index (χ0v) is 13.3. The molecule has 1 aromatic rings. The topological polar surface area (TPSA) is 63.4 Å². The molecule has 2 rings (SSSR count). The van der Waals surface area contributed by atoms with Gasteiger partial charge in [-0.15, -0.1) is 0 Å². The zero-order chi connectivity index (χ0) is 14.9. The van der Waals surface area contributed by atoms with Crippen molar-refractivity contribution in [3.05, 3.63) is 23.3 Å². The Kier molecular flexibility index (Phi) is 4.39. The van der Waals surface area contributed by atoms with Gasteiger partial charge >= 0.3 is 0 Å². The summed E-state index contributed by atoms with van der Waals surface area (Å²) in [5.41, 5.74) is 8.30. The molecule has 112 valence electrons. The summed E-state index contributed by atoms with van der Waals surface area (Å²) in [5.74, 6) is 0. The Bertz CT molecular complexity index is 592. The van der Waals surface area contributed by atoms with Crippen molar-refractivity contribution in [2.45, 2.75) is 57.4 Å². The van der Waals surface area contributed by atoms with Gasteiger partial charge in [-0.2, -0.15) is 4.31 Å². The summed E-state index contributed by atoms with van der Waals surface area (Å²) in [6, 6.07) is 3.64. The molecular formula is C15H24N2O2S. The molecule has 0 atom stereocenters. The van der Waals surface area contributed by atoms with Crippen molar-refractivity contribution >= 4 is 15.7 Å². The second-order valence-corrected chi connectivity index (χ2v) is 7.53. The SMILES string of the molecule is CCCCN(C1CC1)S(=O)(=O)c1cc(C)c(C)cc1N. The number of nitrogens with two attached hydrogens (primary N) is 1. The second-order valence-electron chi connectivity index (χ2n) is 5.67. The first kappa shape index (κ1) is 15.3. The Balaban J connectivity index is 2.39. The van der Waals surface area contributed by atoms with Gasteiger partial charge in [-0.1, -0.05) is 13.3 Å². The number of benzene rings is 1. The first-order valence-electron chi connectivity index (χ1n) is 7.26. The molecule has 1 aliphatic carbocycles. The number of hydrogen-bond donors (Lipinski definition) is 1. The number of unbranched alkanes of at least 4 members (excludes halogenated alkanes) is 1. The van der Waals surface area contributed by atoms with Crippen LogP contribution in [-0.4, -0.2) is 25.3 Å². The van der Waals surface area contributed by atoms with Crippen LogP contribution in [0.15, 0.2) is 17.0 Å². The van der Waals surface area contributed by atoms with Gasteiger partial charge in [0, 0.05) is 12.6 Å². The first-order chi connectivity index (χ1) is 9.37. The predicted octanol–water partition coefficient (Wildman–Crippen LogP) is 2.84. The van der Waals surface area contributed by atoms with Gasteiger partial charge in [-0.25, -0.2) is 8.42 Å². The Morgan fingerprint density at radius 1 is 1.25 bits per heavy atom. The van der Waals surface area contributed by atoms with Crippen LogP contribution in [0.1, 0.15) is 43.7 Å². The fourth-order valence-electron chi connectivity index (χ4n) is 2.34. The maximum atomic E-state index is 12.8. The Labute approximate surface area is 122 Å². The quantitative estimate of drug-likeness (QED) is 0.821. The lowest BCUT2D eigenvalue weighted by atomic mass is 10.1. The average Bonchev–Trinajstić information content (AvgIpc) is 3.18. The molecule has 1 saturated carbocycles. The van der Waals surface area contributed by atoms with Crippen molar-refractivity contribution in [2.24, 2.45) is 0 Å². The van der Waals surface area contributed by atoms with Crippen molar-refractivity contribution in [3.8, 4) is 0 Å². The van der Waals surface area contributed by atoms with Crippen LogP contribution in [0.25, 0.3) is 0 Å². The molecule has 4 nitrogen and oxygen atoms in total. The maximum Gasteiger partial charge on any atom is 0.245 e. The molecule has 5 heteroatoms. The van der Waals surface area contributed by atoms with Gasteiger partial charge in [0.05, 0.1) is 5.69 Å². The molecular weight excluding hydrogens is 272 g/mol. The molecule has 1 aliphatic rings. The van der Waals surface area contributed by atoms with Gasteiger partial charge in [-0.3, -0.25) is 0 Å². The molecule has 2 N–H and O–H groups in total. The van der Waals surface area contributed by atoms with E-state index in [-0.39, 0.29) is 10.9 Å².